The summed E-state index contributed by atoms with van der Waals surface area (Å²) in [5.74, 6) is -0.131. The maximum absolute atomic E-state index is 13.4. The first kappa shape index (κ1) is 20.8. The number of hydrogen-bond acceptors (Lipinski definition) is 3. The van der Waals surface area contributed by atoms with E-state index in [4.69, 9.17) is 11.3 Å². The number of carbonyl (C=O) groups excluding carboxylic acids is 1. The first-order valence-corrected chi connectivity index (χ1v) is 9.99. The van der Waals surface area contributed by atoms with Crippen molar-refractivity contribution in [3.8, 4) is 5.75 Å². The molecule has 0 saturated carbocycles. The van der Waals surface area contributed by atoms with Gasteiger partial charge in [0.05, 0.1) is 30.0 Å². The Labute approximate surface area is 179 Å². The van der Waals surface area contributed by atoms with Crippen molar-refractivity contribution in [2.75, 3.05) is 12.4 Å². The molecular formula is C23H22BrN3O2. The standard InChI is InChI=1S/C23H22BrN3O2/c1-13-10-11-16(17(24)12-13)21-20(14(2)26-15(3)22(21)25-4)23(28)27-18-8-6-7-9-19(18)29-5/h6-12,21-22H,1-3,5H3,(H,27,28). The Balaban J connectivity index is 2.10. The van der Waals surface area contributed by atoms with Gasteiger partial charge in [-0.3, -0.25) is 9.79 Å². The lowest BCUT2D eigenvalue weighted by molar-refractivity contribution is -0.113. The number of para-hydroxylation sites is 2. The van der Waals surface area contributed by atoms with E-state index < -0.39 is 12.0 Å². The maximum atomic E-state index is 13.4. The molecule has 5 nitrogen and oxygen atoms in total. The number of benzene rings is 2. The van der Waals surface area contributed by atoms with Gasteiger partial charge in [0.2, 0.25) is 0 Å². The summed E-state index contributed by atoms with van der Waals surface area (Å²) in [5, 5.41) is 2.94. The Morgan fingerprint density at radius 2 is 1.93 bits per heavy atom. The highest BCUT2D eigenvalue weighted by molar-refractivity contribution is 9.10. The molecule has 0 aromatic heterocycles. The van der Waals surface area contributed by atoms with Gasteiger partial charge in [0.1, 0.15) is 5.75 Å². The van der Waals surface area contributed by atoms with Crippen molar-refractivity contribution in [2.45, 2.75) is 32.7 Å². The van der Waals surface area contributed by atoms with E-state index in [0.29, 0.717) is 28.4 Å². The van der Waals surface area contributed by atoms with Crippen LogP contribution in [0.25, 0.3) is 4.85 Å². The number of aryl methyl sites for hydroxylation is 1. The minimum atomic E-state index is -0.545. The van der Waals surface area contributed by atoms with Gasteiger partial charge in [-0.25, -0.2) is 6.57 Å². The van der Waals surface area contributed by atoms with Gasteiger partial charge in [-0.2, -0.15) is 0 Å². The summed E-state index contributed by atoms with van der Waals surface area (Å²) in [6.45, 7) is 13.4. The van der Waals surface area contributed by atoms with E-state index in [2.05, 4.69) is 31.1 Å². The SMILES string of the molecule is [C-]#[N+]C1C(C)=NC(C)=C(C(=O)Nc2ccccc2OC)C1c1ccc(C)cc1Br. The van der Waals surface area contributed by atoms with Crippen LogP contribution >= 0.6 is 15.9 Å². The predicted molar refractivity (Wildman–Crippen MR) is 119 cm³/mol. The first-order chi connectivity index (χ1) is 13.9. The molecule has 6 heteroatoms. The van der Waals surface area contributed by atoms with Gasteiger partial charge in [0.15, 0.2) is 0 Å². The van der Waals surface area contributed by atoms with Crippen molar-refractivity contribution in [3.05, 3.63) is 80.8 Å². The number of anilines is 1. The van der Waals surface area contributed by atoms with E-state index in [0.717, 1.165) is 15.6 Å². The molecule has 1 aliphatic heterocycles. The number of aliphatic imine (C=N–C) groups is 1. The molecule has 0 fully saturated rings. The van der Waals surface area contributed by atoms with Crippen LogP contribution in [0, 0.1) is 13.5 Å². The van der Waals surface area contributed by atoms with Crippen molar-refractivity contribution < 1.29 is 9.53 Å². The van der Waals surface area contributed by atoms with E-state index in [1.807, 2.05) is 51.1 Å². The average molecular weight is 452 g/mol. The molecule has 0 saturated heterocycles. The lowest BCUT2D eigenvalue weighted by Crippen LogP contribution is -2.34. The van der Waals surface area contributed by atoms with Crippen LogP contribution in [0.2, 0.25) is 0 Å². The molecule has 29 heavy (non-hydrogen) atoms. The Hall–Kier alpha value is -2.91. The molecule has 148 valence electrons. The highest BCUT2D eigenvalue weighted by atomic mass is 79.9. The van der Waals surface area contributed by atoms with Crippen molar-refractivity contribution in [2.24, 2.45) is 4.99 Å². The molecule has 1 aliphatic rings. The quantitative estimate of drug-likeness (QED) is 0.621. The molecule has 2 aromatic carbocycles. The van der Waals surface area contributed by atoms with Crippen LogP contribution in [0.3, 0.4) is 0 Å². The number of carbonyl (C=O) groups is 1. The molecular weight excluding hydrogens is 430 g/mol. The predicted octanol–water partition coefficient (Wildman–Crippen LogP) is 5.52. The Morgan fingerprint density at radius 1 is 1.21 bits per heavy atom. The largest absolute Gasteiger partial charge is 0.495 e. The number of hydrogen-bond donors (Lipinski definition) is 1. The maximum Gasteiger partial charge on any atom is 0.272 e. The third-order valence-corrected chi connectivity index (χ3v) is 5.71. The summed E-state index contributed by atoms with van der Waals surface area (Å²) in [4.78, 5) is 21.7. The fourth-order valence-corrected chi connectivity index (χ4v) is 4.38. The van der Waals surface area contributed by atoms with Gasteiger partial charge >= 0.3 is 0 Å². The zero-order valence-corrected chi connectivity index (χ0v) is 18.4. The summed E-state index contributed by atoms with van der Waals surface area (Å²) < 4.78 is 6.23. The van der Waals surface area contributed by atoms with E-state index >= 15 is 0 Å². The van der Waals surface area contributed by atoms with Gasteiger partial charge in [0.25, 0.3) is 11.9 Å². The van der Waals surface area contributed by atoms with Crippen LogP contribution in [0.1, 0.15) is 30.9 Å². The van der Waals surface area contributed by atoms with Crippen molar-refractivity contribution in [1.82, 2.24) is 0 Å². The van der Waals surface area contributed by atoms with Crippen LogP contribution in [-0.2, 0) is 4.79 Å². The second-order valence-corrected chi connectivity index (χ2v) is 7.84. The number of halogens is 1. The minimum absolute atomic E-state index is 0.283. The van der Waals surface area contributed by atoms with Gasteiger partial charge in [-0.05, 0) is 50.1 Å². The highest BCUT2D eigenvalue weighted by Gasteiger charge is 2.42. The summed E-state index contributed by atoms with van der Waals surface area (Å²) in [5.41, 5.74) is 4.40. The van der Waals surface area contributed by atoms with Crippen molar-refractivity contribution in [1.29, 1.82) is 0 Å². The summed E-state index contributed by atoms with van der Waals surface area (Å²) in [6, 6.07) is 12.7. The molecule has 2 aromatic rings. The Kier molecular flexibility index (Phi) is 6.19. The number of ether oxygens (including phenoxy) is 1. The number of amides is 1. The number of allylic oxidation sites excluding steroid dienone is 1. The molecule has 3 rings (SSSR count). The Bertz CT molecular complexity index is 1070. The molecule has 2 unspecified atom stereocenters. The van der Waals surface area contributed by atoms with Crippen LogP contribution in [0.4, 0.5) is 5.69 Å². The molecule has 1 N–H and O–H groups in total. The molecule has 1 heterocycles. The van der Waals surface area contributed by atoms with Gasteiger partial charge in [-0.1, -0.05) is 40.2 Å². The van der Waals surface area contributed by atoms with Crippen LogP contribution < -0.4 is 10.1 Å². The van der Waals surface area contributed by atoms with Crippen LogP contribution in [0.5, 0.6) is 5.75 Å². The number of nitrogens with one attached hydrogen (secondary N) is 1. The van der Waals surface area contributed by atoms with Crippen LogP contribution in [-0.4, -0.2) is 24.8 Å². The van der Waals surface area contributed by atoms with Crippen molar-refractivity contribution >= 4 is 33.2 Å². The normalized spacial score (nSPS) is 18.7. The number of rotatable bonds is 4. The number of methoxy groups -OCH3 is 1. The fraction of sp³-hybridized carbons (Fsp3) is 0.261. The summed E-state index contributed by atoms with van der Waals surface area (Å²) in [7, 11) is 1.56. The Morgan fingerprint density at radius 3 is 2.59 bits per heavy atom. The molecule has 0 spiro atoms. The molecule has 1 amide bonds. The molecule has 0 bridgehead atoms. The van der Waals surface area contributed by atoms with Crippen molar-refractivity contribution in [3.63, 3.8) is 0 Å². The highest BCUT2D eigenvalue weighted by Crippen LogP contribution is 2.40. The third-order valence-electron chi connectivity index (χ3n) is 5.02. The average Bonchev–Trinajstić information content (AvgIpc) is 2.68. The first-order valence-electron chi connectivity index (χ1n) is 9.20. The lowest BCUT2D eigenvalue weighted by atomic mass is 9.79. The number of nitrogens with zero attached hydrogens (tertiary/aromatic N) is 2. The molecule has 0 radical (unpaired) electrons. The zero-order valence-electron chi connectivity index (χ0n) is 16.8. The molecule has 0 aliphatic carbocycles. The monoisotopic (exact) mass is 451 g/mol. The van der Waals surface area contributed by atoms with E-state index in [1.165, 1.54) is 0 Å². The smallest absolute Gasteiger partial charge is 0.272 e. The third kappa shape index (κ3) is 4.10. The van der Waals surface area contributed by atoms with Crippen LogP contribution in [0.15, 0.2) is 63.2 Å². The second kappa shape index (κ2) is 8.62. The van der Waals surface area contributed by atoms with Gasteiger partial charge in [-0.15, -0.1) is 0 Å². The summed E-state index contributed by atoms with van der Waals surface area (Å²) >= 11 is 3.63. The zero-order chi connectivity index (χ0) is 21.1. The van der Waals surface area contributed by atoms with E-state index in [1.54, 1.807) is 19.2 Å². The van der Waals surface area contributed by atoms with E-state index in [9.17, 15) is 4.79 Å². The topological polar surface area (TPSA) is 55.0 Å². The van der Waals surface area contributed by atoms with E-state index in [-0.39, 0.29) is 5.91 Å². The lowest BCUT2D eigenvalue weighted by Gasteiger charge is -2.27. The summed E-state index contributed by atoms with van der Waals surface area (Å²) in [6.07, 6.45) is 0. The van der Waals surface area contributed by atoms with Gasteiger partial charge < -0.3 is 14.9 Å². The minimum Gasteiger partial charge on any atom is -0.495 e. The fourth-order valence-electron chi connectivity index (χ4n) is 3.64. The van der Waals surface area contributed by atoms with Gasteiger partial charge in [0, 0.05) is 10.2 Å². The molecule has 2 atom stereocenters. The second-order valence-electron chi connectivity index (χ2n) is 6.98.